The molecule has 112 valence electrons. The van der Waals surface area contributed by atoms with Crippen molar-refractivity contribution in [2.75, 3.05) is 19.6 Å². The maximum atomic E-state index is 13.2. The molecule has 0 aliphatic carbocycles. The van der Waals surface area contributed by atoms with Crippen molar-refractivity contribution in [1.29, 1.82) is 0 Å². The molecule has 2 nitrogen and oxygen atoms in total. The van der Waals surface area contributed by atoms with Gasteiger partial charge in [0.1, 0.15) is 5.82 Å². The summed E-state index contributed by atoms with van der Waals surface area (Å²) in [5.41, 5.74) is 1.16. The van der Waals surface area contributed by atoms with Gasteiger partial charge in [-0.25, -0.2) is 4.39 Å². The summed E-state index contributed by atoms with van der Waals surface area (Å²) >= 11 is 3.47. The molecule has 0 bridgehead atoms. The summed E-state index contributed by atoms with van der Waals surface area (Å²) in [5, 5.41) is 3.56. The molecule has 1 N–H and O–H groups in total. The molecule has 1 saturated heterocycles. The Kier molecular flexibility index (Phi) is 6.00. The second-order valence-corrected chi connectivity index (χ2v) is 6.97. The third-order valence-electron chi connectivity index (χ3n) is 3.67. The van der Waals surface area contributed by atoms with Gasteiger partial charge in [-0.15, -0.1) is 0 Å². The number of halogens is 2. The van der Waals surface area contributed by atoms with E-state index in [1.165, 1.54) is 12.8 Å². The summed E-state index contributed by atoms with van der Waals surface area (Å²) in [6, 6.07) is 5.58. The van der Waals surface area contributed by atoms with Crippen LogP contribution >= 0.6 is 15.9 Å². The van der Waals surface area contributed by atoms with Crippen LogP contribution in [0.3, 0.4) is 0 Å². The van der Waals surface area contributed by atoms with E-state index in [4.69, 9.17) is 0 Å². The van der Waals surface area contributed by atoms with Crippen LogP contribution in [0.4, 0.5) is 4.39 Å². The molecule has 0 radical (unpaired) electrons. The van der Waals surface area contributed by atoms with E-state index in [2.05, 4.69) is 40.0 Å². The molecular weight excluding hydrogens is 319 g/mol. The van der Waals surface area contributed by atoms with E-state index in [1.807, 2.05) is 6.07 Å². The van der Waals surface area contributed by atoms with Crippen LogP contribution in [-0.2, 0) is 6.54 Å². The quantitative estimate of drug-likeness (QED) is 0.845. The molecule has 1 heterocycles. The van der Waals surface area contributed by atoms with Crippen molar-refractivity contribution >= 4 is 15.9 Å². The molecule has 1 atom stereocenters. The summed E-state index contributed by atoms with van der Waals surface area (Å²) in [7, 11) is 0. The topological polar surface area (TPSA) is 15.3 Å². The Morgan fingerprint density at radius 3 is 2.85 bits per heavy atom. The predicted molar refractivity (Wildman–Crippen MR) is 85.2 cm³/mol. The van der Waals surface area contributed by atoms with Crippen LogP contribution in [0.5, 0.6) is 0 Å². The normalized spacial score (nSPS) is 19.2. The molecule has 0 amide bonds. The summed E-state index contributed by atoms with van der Waals surface area (Å²) in [4.78, 5) is 2.48. The molecule has 0 aromatic heterocycles. The summed E-state index contributed by atoms with van der Waals surface area (Å²) in [6.07, 6.45) is 2.54. The van der Waals surface area contributed by atoms with Gasteiger partial charge in [0.2, 0.25) is 0 Å². The van der Waals surface area contributed by atoms with Crippen LogP contribution in [0, 0.1) is 11.7 Å². The molecule has 1 aliphatic heterocycles. The van der Waals surface area contributed by atoms with Crippen LogP contribution in [-0.4, -0.2) is 30.6 Å². The number of hydrogen-bond acceptors (Lipinski definition) is 2. The zero-order valence-corrected chi connectivity index (χ0v) is 13.9. The van der Waals surface area contributed by atoms with Gasteiger partial charge in [-0.05, 0) is 43.0 Å². The molecule has 0 spiro atoms. The second-order valence-electron chi connectivity index (χ2n) is 6.12. The van der Waals surface area contributed by atoms with E-state index in [1.54, 1.807) is 12.1 Å². The fourth-order valence-corrected chi connectivity index (χ4v) is 3.31. The first-order valence-corrected chi connectivity index (χ1v) is 8.23. The highest BCUT2D eigenvalue weighted by Gasteiger charge is 2.19. The second kappa shape index (κ2) is 7.53. The van der Waals surface area contributed by atoms with Gasteiger partial charge in [-0.2, -0.15) is 0 Å². The van der Waals surface area contributed by atoms with Gasteiger partial charge < -0.3 is 5.32 Å². The largest absolute Gasteiger partial charge is 0.313 e. The van der Waals surface area contributed by atoms with Crippen LogP contribution in [0.2, 0.25) is 0 Å². The van der Waals surface area contributed by atoms with Gasteiger partial charge >= 0.3 is 0 Å². The molecule has 1 unspecified atom stereocenters. The minimum atomic E-state index is -0.187. The monoisotopic (exact) mass is 342 g/mol. The molecule has 20 heavy (non-hydrogen) atoms. The molecule has 1 aliphatic rings. The molecular formula is C16H24BrFN2. The van der Waals surface area contributed by atoms with E-state index in [-0.39, 0.29) is 5.82 Å². The van der Waals surface area contributed by atoms with Crippen molar-refractivity contribution in [3.63, 3.8) is 0 Å². The van der Waals surface area contributed by atoms with Crippen molar-refractivity contribution in [1.82, 2.24) is 10.2 Å². The molecule has 1 fully saturated rings. The smallest absolute Gasteiger partial charge is 0.124 e. The number of nitrogens with zero attached hydrogens (tertiary/aromatic N) is 1. The number of nitrogens with one attached hydrogen (secondary N) is 1. The maximum absolute atomic E-state index is 13.2. The lowest BCUT2D eigenvalue weighted by molar-refractivity contribution is 0.216. The summed E-state index contributed by atoms with van der Waals surface area (Å²) in [5.74, 6) is 0.448. The van der Waals surface area contributed by atoms with Crippen LogP contribution < -0.4 is 5.32 Å². The Bertz CT molecular complexity index is 430. The van der Waals surface area contributed by atoms with Crippen LogP contribution in [0.15, 0.2) is 22.7 Å². The third kappa shape index (κ3) is 4.83. The van der Waals surface area contributed by atoms with Gasteiger partial charge in [0.25, 0.3) is 0 Å². The molecule has 0 saturated carbocycles. The predicted octanol–water partition coefficient (Wildman–Crippen LogP) is 3.80. The summed E-state index contributed by atoms with van der Waals surface area (Å²) in [6.45, 7) is 8.64. The average Bonchev–Trinajstić information content (AvgIpc) is 2.84. The first-order valence-electron chi connectivity index (χ1n) is 7.44. The Morgan fingerprint density at radius 2 is 2.25 bits per heavy atom. The van der Waals surface area contributed by atoms with E-state index in [9.17, 15) is 4.39 Å². The fraction of sp³-hybridized carbons (Fsp3) is 0.625. The number of rotatable bonds is 6. The average molecular weight is 343 g/mol. The number of benzene rings is 1. The lowest BCUT2D eigenvalue weighted by atomic mass is 10.1. The van der Waals surface area contributed by atoms with Gasteiger partial charge in [0.05, 0.1) is 0 Å². The molecule has 2 rings (SSSR count). The van der Waals surface area contributed by atoms with E-state index >= 15 is 0 Å². The lowest BCUT2D eigenvalue weighted by Gasteiger charge is -2.27. The zero-order valence-electron chi connectivity index (χ0n) is 12.3. The van der Waals surface area contributed by atoms with Crippen LogP contribution in [0.1, 0.15) is 32.3 Å². The van der Waals surface area contributed by atoms with Gasteiger partial charge in [0, 0.05) is 30.1 Å². The minimum Gasteiger partial charge on any atom is -0.313 e. The van der Waals surface area contributed by atoms with Crippen molar-refractivity contribution in [2.45, 2.75) is 39.3 Å². The minimum absolute atomic E-state index is 0.187. The standard InChI is InChI=1S/C16H24BrFN2/c1-12(2)9-20(11-15-4-3-7-19-15)10-13-5-6-14(18)8-16(13)17/h5-6,8,12,15,19H,3-4,7,9-11H2,1-2H3. The van der Waals surface area contributed by atoms with Crippen molar-refractivity contribution in [3.8, 4) is 0 Å². The fourth-order valence-electron chi connectivity index (χ4n) is 2.84. The highest BCUT2D eigenvalue weighted by molar-refractivity contribution is 9.10. The lowest BCUT2D eigenvalue weighted by Crippen LogP contribution is -2.39. The Morgan fingerprint density at radius 1 is 1.45 bits per heavy atom. The van der Waals surface area contributed by atoms with Crippen molar-refractivity contribution < 1.29 is 4.39 Å². The SMILES string of the molecule is CC(C)CN(Cc1ccc(F)cc1Br)CC1CCCN1. The Balaban J connectivity index is 2.01. The zero-order chi connectivity index (χ0) is 14.5. The highest BCUT2D eigenvalue weighted by Crippen LogP contribution is 2.21. The first kappa shape index (κ1) is 15.9. The van der Waals surface area contributed by atoms with E-state index in [0.29, 0.717) is 12.0 Å². The van der Waals surface area contributed by atoms with Gasteiger partial charge in [0.15, 0.2) is 0 Å². The molecule has 1 aromatic carbocycles. The first-order chi connectivity index (χ1) is 9.54. The molecule has 4 heteroatoms. The Hall–Kier alpha value is -0.450. The van der Waals surface area contributed by atoms with Crippen molar-refractivity contribution in [3.05, 3.63) is 34.1 Å². The van der Waals surface area contributed by atoms with E-state index in [0.717, 1.165) is 36.2 Å². The molecule has 1 aromatic rings. The van der Waals surface area contributed by atoms with E-state index < -0.39 is 0 Å². The van der Waals surface area contributed by atoms with Gasteiger partial charge in [-0.1, -0.05) is 35.8 Å². The summed E-state index contributed by atoms with van der Waals surface area (Å²) < 4.78 is 14.0. The van der Waals surface area contributed by atoms with Crippen molar-refractivity contribution in [2.24, 2.45) is 5.92 Å². The third-order valence-corrected chi connectivity index (χ3v) is 4.41. The maximum Gasteiger partial charge on any atom is 0.124 e. The van der Waals surface area contributed by atoms with Crippen LogP contribution in [0.25, 0.3) is 0 Å². The van der Waals surface area contributed by atoms with Gasteiger partial charge in [-0.3, -0.25) is 4.90 Å². The Labute approximate surface area is 129 Å². The number of hydrogen-bond donors (Lipinski definition) is 1. The highest BCUT2D eigenvalue weighted by atomic mass is 79.9.